The van der Waals surface area contributed by atoms with Crippen LogP contribution in [0, 0.1) is 0 Å². The van der Waals surface area contributed by atoms with Crippen molar-refractivity contribution in [3.05, 3.63) is 47.5 Å². The minimum absolute atomic E-state index is 0.223. The van der Waals surface area contributed by atoms with Crippen molar-refractivity contribution in [3.63, 3.8) is 0 Å². The first-order valence-electron chi connectivity index (χ1n) is 11.4. The summed E-state index contributed by atoms with van der Waals surface area (Å²) < 4.78 is 0. The van der Waals surface area contributed by atoms with Crippen LogP contribution < -0.4 is 4.90 Å². The summed E-state index contributed by atoms with van der Waals surface area (Å²) in [7, 11) is 0. The zero-order valence-corrected chi connectivity index (χ0v) is 19.0. The van der Waals surface area contributed by atoms with Crippen LogP contribution in [0.3, 0.4) is 0 Å². The van der Waals surface area contributed by atoms with Gasteiger partial charge in [-0.15, -0.1) is 0 Å². The SMILES string of the molecule is CCCCN1CCN(c2cccc(-c3ccc4c(c3)C(C)(C)CC4(C)C)n2)CC1. The summed E-state index contributed by atoms with van der Waals surface area (Å²) in [6.45, 7) is 17.5. The molecule has 2 heterocycles. The van der Waals surface area contributed by atoms with E-state index in [1.165, 1.54) is 42.5 Å². The summed E-state index contributed by atoms with van der Waals surface area (Å²) in [5, 5.41) is 0. The molecule has 0 spiro atoms. The standard InChI is InChI=1S/C26H37N3/c1-6-7-13-28-14-16-29(17-15-28)24-10-8-9-23(27-24)20-11-12-21-22(18-20)26(4,5)19-25(21,2)3/h8-12,18H,6-7,13-17,19H2,1-5H3. The Morgan fingerprint density at radius 3 is 2.34 bits per heavy atom. The second kappa shape index (κ2) is 7.75. The number of aromatic nitrogens is 1. The lowest BCUT2D eigenvalue weighted by atomic mass is 9.82. The summed E-state index contributed by atoms with van der Waals surface area (Å²) in [6, 6.07) is 13.5. The Bertz CT molecular complexity index is 860. The van der Waals surface area contributed by atoms with Crippen molar-refractivity contribution in [2.24, 2.45) is 0 Å². The molecule has 0 saturated carbocycles. The summed E-state index contributed by atoms with van der Waals surface area (Å²) in [5.41, 5.74) is 5.82. The molecule has 3 nitrogen and oxygen atoms in total. The molecule has 156 valence electrons. The molecule has 0 amide bonds. The summed E-state index contributed by atoms with van der Waals surface area (Å²) in [5.74, 6) is 1.12. The van der Waals surface area contributed by atoms with Crippen molar-refractivity contribution in [3.8, 4) is 11.3 Å². The second-order valence-corrected chi connectivity index (χ2v) is 10.3. The highest BCUT2D eigenvalue weighted by Crippen LogP contribution is 2.50. The van der Waals surface area contributed by atoms with Crippen molar-refractivity contribution in [2.75, 3.05) is 37.6 Å². The number of rotatable bonds is 5. The Morgan fingerprint density at radius 1 is 0.897 bits per heavy atom. The number of fused-ring (bicyclic) bond motifs is 1. The molecule has 1 aliphatic heterocycles. The zero-order chi connectivity index (χ0) is 20.6. The van der Waals surface area contributed by atoms with Gasteiger partial charge in [0.15, 0.2) is 0 Å². The molecular formula is C26H37N3. The number of hydrogen-bond donors (Lipinski definition) is 0. The van der Waals surface area contributed by atoms with E-state index in [1.807, 2.05) is 0 Å². The first-order chi connectivity index (χ1) is 13.8. The second-order valence-electron chi connectivity index (χ2n) is 10.3. The van der Waals surface area contributed by atoms with E-state index in [-0.39, 0.29) is 10.8 Å². The predicted octanol–water partition coefficient (Wildman–Crippen LogP) is 5.63. The van der Waals surface area contributed by atoms with Crippen LogP contribution in [0.1, 0.15) is 65.0 Å². The highest BCUT2D eigenvalue weighted by molar-refractivity contribution is 5.65. The molecule has 1 aromatic carbocycles. The molecule has 0 radical (unpaired) electrons. The van der Waals surface area contributed by atoms with Gasteiger partial charge in [-0.05, 0) is 59.5 Å². The molecule has 2 aromatic rings. The van der Waals surface area contributed by atoms with Gasteiger partial charge in [0.1, 0.15) is 5.82 Å². The lowest BCUT2D eigenvalue weighted by Gasteiger charge is -2.35. The maximum Gasteiger partial charge on any atom is 0.129 e. The molecule has 2 aliphatic rings. The van der Waals surface area contributed by atoms with E-state index in [0.29, 0.717) is 0 Å². The van der Waals surface area contributed by atoms with Gasteiger partial charge in [0, 0.05) is 31.7 Å². The van der Waals surface area contributed by atoms with Crippen LogP contribution >= 0.6 is 0 Å². The summed E-state index contributed by atoms with van der Waals surface area (Å²) >= 11 is 0. The number of piperazine rings is 1. The van der Waals surface area contributed by atoms with Crippen molar-refractivity contribution in [2.45, 2.75) is 64.7 Å². The van der Waals surface area contributed by atoms with Crippen molar-refractivity contribution in [1.82, 2.24) is 9.88 Å². The van der Waals surface area contributed by atoms with Crippen molar-refractivity contribution in [1.29, 1.82) is 0 Å². The highest BCUT2D eigenvalue weighted by atomic mass is 15.3. The molecule has 1 fully saturated rings. The number of unbranched alkanes of at least 4 members (excludes halogenated alkanes) is 1. The van der Waals surface area contributed by atoms with E-state index >= 15 is 0 Å². The summed E-state index contributed by atoms with van der Waals surface area (Å²) in [6.07, 6.45) is 3.78. The van der Waals surface area contributed by atoms with Crippen LogP contribution in [0.2, 0.25) is 0 Å². The molecule has 0 bridgehead atoms. The highest BCUT2D eigenvalue weighted by Gasteiger charge is 2.41. The third kappa shape index (κ3) is 4.07. The Morgan fingerprint density at radius 2 is 1.62 bits per heavy atom. The smallest absolute Gasteiger partial charge is 0.129 e. The molecule has 4 rings (SSSR count). The van der Waals surface area contributed by atoms with Crippen LogP contribution in [-0.2, 0) is 10.8 Å². The van der Waals surface area contributed by atoms with Crippen LogP contribution in [-0.4, -0.2) is 42.6 Å². The van der Waals surface area contributed by atoms with Gasteiger partial charge in [-0.25, -0.2) is 4.98 Å². The molecule has 1 aromatic heterocycles. The Kier molecular flexibility index (Phi) is 5.46. The van der Waals surface area contributed by atoms with E-state index in [1.54, 1.807) is 0 Å². The maximum absolute atomic E-state index is 5.07. The van der Waals surface area contributed by atoms with Gasteiger partial charge in [0.2, 0.25) is 0 Å². The molecule has 3 heteroatoms. The molecule has 0 N–H and O–H groups in total. The Hall–Kier alpha value is -1.87. The fourth-order valence-electron chi connectivity index (χ4n) is 5.49. The van der Waals surface area contributed by atoms with E-state index in [9.17, 15) is 0 Å². The zero-order valence-electron chi connectivity index (χ0n) is 19.0. The molecule has 29 heavy (non-hydrogen) atoms. The molecule has 0 unspecified atom stereocenters. The van der Waals surface area contributed by atoms with E-state index < -0.39 is 0 Å². The van der Waals surface area contributed by atoms with Crippen LogP contribution in [0.4, 0.5) is 5.82 Å². The Labute approximate surface area is 177 Å². The molecule has 1 saturated heterocycles. The van der Waals surface area contributed by atoms with Gasteiger partial charge < -0.3 is 4.90 Å². The Balaban J connectivity index is 1.55. The van der Waals surface area contributed by atoms with Gasteiger partial charge in [0.05, 0.1) is 5.69 Å². The third-order valence-corrected chi connectivity index (χ3v) is 6.92. The van der Waals surface area contributed by atoms with Gasteiger partial charge >= 0.3 is 0 Å². The van der Waals surface area contributed by atoms with E-state index in [0.717, 1.165) is 37.7 Å². The molecule has 1 aliphatic carbocycles. The monoisotopic (exact) mass is 391 g/mol. The van der Waals surface area contributed by atoms with Crippen LogP contribution in [0.15, 0.2) is 36.4 Å². The van der Waals surface area contributed by atoms with Crippen LogP contribution in [0.25, 0.3) is 11.3 Å². The fourth-order valence-corrected chi connectivity index (χ4v) is 5.49. The first kappa shape index (κ1) is 20.4. The first-order valence-corrected chi connectivity index (χ1v) is 11.4. The number of nitrogens with zero attached hydrogens (tertiary/aromatic N) is 3. The van der Waals surface area contributed by atoms with Crippen LogP contribution in [0.5, 0.6) is 0 Å². The molecular weight excluding hydrogens is 354 g/mol. The average molecular weight is 392 g/mol. The lowest BCUT2D eigenvalue weighted by Crippen LogP contribution is -2.46. The van der Waals surface area contributed by atoms with Crippen molar-refractivity contribution >= 4 is 5.82 Å². The fraction of sp³-hybridized carbons (Fsp3) is 0.577. The minimum atomic E-state index is 0.223. The topological polar surface area (TPSA) is 19.4 Å². The molecule has 0 atom stereocenters. The van der Waals surface area contributed by atoms with Crippen molar-refractivity contribution < 1.29 is 0 Å². The van der Waals surface area contributed by atoms with E-state index in [4.69, 9.17) is 4.98 Å². The quantitative estimate of drug-likeness (QED) is 0.658. The van der Waals surface area contributed by atoms with E-state index in [2.05, 4.69) is 80.8 Å². The third-order valence-electron chi connectivity index (χ3n) is 6.92. The number of hydrogen-bond acceptors (Lipinski definition) is 3. The largest absolute Gasteiger partial charge is 0.354 e. The normalized spacial score (nSPS) is 20.7. The van der Waals surface area contributed by atoms with Gasteiger partial charge in [-0.3, -0.25) is 4.90 Å². The average Bonchev–Trinajstić information content (AvgIpc) is 2.90. The number of anilines is 1. The maximum atomic E-state index is 5.07. The van der Waals surface area contributed by atoms with Gasteiger partial charge in [-0.2, -0.15) is 0 Å². The number of pyridine rings is 1. The van der Waals surface area contributed by atoms with Gasteiger partial charge in [-0.1, -0.05) is 59.2 Å². The predicted molar refractivity (Wildman–Crippen MR) is 124 cm³/mol. The number of benzene rings is 1. The van der Waals surface area contributed by atoms with Gasteiger partial charge in [0.25, 0.3) is 0 Å². The minimum Gasteiger partial charge on any atom is -0.354 e. The lowest BCUT2D eigenvalue weighted by molar-refractivity contribution is 0.253. The summed E-state index contributed by atoms with van der Waals surface area (Å²) in [4.78, 5) is 10.1.